The lowest BCUT2D eigenvalue weighted by Crippen LogP contribution is -2.32. The number of rotatable bonds is 4. The largest absolute Gasteiger partial charge is 0.299 e. The van der Waals surface area contributed by atoms with E-state index in [4.69, 9.17) is 0 Å². The fourth-order valence-corrected chi connectivity index (χ4v) is 3.80. The predicted molar refractivity (Wildman–Crippen MR) is 65.1 cm³/mol. The highest BCUT2D eigenvalue weighted by atomic mass is 32.2. The molecule has 0 radical (unpaired) electrons. The van der Waals surface area contributed by atoms with E-state index in [2.05, 4.69) is 0 Å². The molecule has 3 atom stereocenters. The summed E-state index contributed by atoms with van der Waals surface area (Å²) in [6.45, 7) is 3.82. The molecule has 0 aromatic rings. The van der Waals surface area contributed by atoms with Crippen molar-refractivity contribution in [3.8, 4) is 0 Å². The molecule has 4 heteroatoms. The van der Waals surface area contributed by atoms with Crippen molar-refractivity contribution in [3.63, 3.8) is 0 Å². The maximum atomic E-state index is 11.6. The van der Waals surface area contributed by atoms with Crippen molar-refractivity contribution in [1.82, 2.24) is 0 Å². The van der Waals surface area contributed by atoms with Crippen LogP contribution in [0.25, 0.3) is 0 Å². The monoisotopic (exact) mass is 246 g/mol. The van der Waals surface area contributed by atoms with Crippen molar-refractivity contribution in [2.75, 3.05) is 6.26 Å². The van der Waals surface area contributed by atoms with E-state index in [1.165, 1.54) is 6.26 Å². The van der Waals surface area contributed by atoms with Gasteiger partial charge in [0.25, 0.3) is 0 Å². The van der Waals surface area contributed by atoms with Crippen LogP contribution in [0.2, 0.25) is 0 Å². The average molecular weight is 246 g/mol. The maximum absolute atomic E-state index is 11.6. The molecule has 1 saturated carbocycles. The van der Waals surface area contributed by atoms with Crippen molar-refractivity contribution in [2.45, 2.75) is 51.2 Å². The number of sulfone groups is 1. The summed E-state index contributed by atoms with van der Waals surface area (Å²) >= 11 is 0. The zero-order valence-electron chi connectivity index (χ0n) is 10.4. The highest BCUT2D eigenvalue weighted by molar-refractivity contribution is 7.91. The van der Waals surface area contributed by atoms with Crippen LogP contribution in [0.5, 0.6) is 0 Å². The van der Waals surface area contributed by atoms with Gasteiger partial charge >= 0.3 is 0 Å². The molecule has 16 heavy (non-hydrogen) atoms. The lowest BCUT2D eigenvalue weighted by atomic mass is 9.78. The lowest BCUT2D eigenvalue weighted by molar-refractivity contribution is -0.124. The second-order valence-electron chi connectivity index (χ2n) is 4.99. The molecule has 3 unspecified atom stereocenters. The Hall–Kier alpha value is -0.380. The van der Waals surface area contributed by atoms with Crippen molar-refractivity contribution < 1.29 is 13.2 Å². The third-order valence-electron chi connectivity index (χ3n) is 3.84. The lowest BCUT2D eigenvalue weighted by Gasteiger charge is -2.31. The summed E-state index contributed by atoms with van der Waals surface area (Å²) < 4.78 is 23.0. The molecule has 1 rings (SSSR count). The van der Waals surface area contributed by atoms with Gasteiger partial charge in [0.15, 0.2) is 0 Å². The van der Waals surface area contributed by atoms with Gasteiger partial charge in [-0.15, -0.1) is 0 Å². The van der Waals surface area contributed by atoms with Gasteiger partial charge in [0.1, 0.15) is 15.6 Å². The molecule has 1 aliphatic carbocycles. The smallest absolute Gasteiger partial charge is 0.150 e. The summed E-state index contributed by atoms with van der Waals surface area (Å²) in [6, 6.07) is 0. The second kappa shape index (κ2) is 5.30. The first-order valence-electron chi connectivity index (χ1n) is 6.07. The predicted octanol–water partition coefficient (Wildman–Crippen LogP) is 2.21. The molecular weight excluding hydrogens is 224 g/mol. The number of Topliss-reactive ketones (excluding diaryl/α,β-unsaturated/α-hetero) is 1. The average Bonchev–Trinajstić information content (AvgIpc) is 2.26. The Bertz CT molecular complexity index is 345. The molecule has 1 fully saturated rings. The number of carbonyl (C=O) groups is 1. The number of ketones is 1. The van der Waals surface area contributed by atoms with Crippen LogP contribution in [-0.4, -0.2) is 25.7 Å². The minimum atomic E-state index is -2.94. The highest BCUT2D eigenvalue weighted by Gasteiger charge is 2.33. The third-order valence-corrected chi connectivity index (χ3v) is 5.47. The van der Waals surface area contributed by atoms with E-state index in [-0.39, 0.29) is 22.9 Å². The van der Waals surface area contributed by atoms with Crippen molar-refractivity contribution in [2.24, 2.45) is 11.8 Å². The van der Waals surface area contributed by atoms with E-state index < -0.39 is 9.84 Å². The molecule has 0 saturated heterocycles. The molecule has 94 valence electrons. The first kappa shape index (κ1) is 13.7. The van der Waals surface area contributed by atoms with Crippen LogP contribution in [0.4, 0.5) is 0 Å². The number of hydrogen-bond acceptors (Lipinski definition) is 3. The fraction of sp³-hybridized carbons (Fsp3) is 0.917. The van der Waals surface area contributed by atoms with Gasteiger partial charge in [-0.1, -0.05) is 20.3 Å². The molecule has 0 aromatic carbocycles. The van der Waals surface area contributed by atoms with E-state index in [0.29, 0.717) is 12.8 Å². The van der Waals surface area contributed by atoms with Gasteiger partial charge < -0.3 is 0 Å². The van der Waals surface area contributed by atoms with Gasteiger partial charge in [-0.25, -0.2) is 8.42 Å². The van der Waals surface area contributed by atoms with Crippen LogP contribution in [-0.2, 0) is 14.6 Å². The Morgan fingerprint density at radius 3 is 2.50 bits per heavy atom. The molecule has 0 amide bonds. The van der Waals surface area contributed by atoms with E-state index in [0.717, 1.165) is 19.3 Å². The molecular formula is C12H22O3S. The fourth-order valence-electron chi connectivity index (χ4n) is 2.61. The van der Waals surface area contributed by atoms with Gasteiger partial charge in [0, 0.05) is 18.6 Å². The molecule has 0 aromatic heterocycles. The number of hydrogen-bond donors (Lipinski definition) is 0. The minimum Gasteiger partial charge on any atom is -0.299 e. The van der Waals surface area contributed by atoms with Crippen molar-refractivity contribution in [1.29, 1.82) is 0 Å². The van der Waals surface area contributed by atoms with Gasteiger partial charge in [-0.05, 0) is 25.2 Å². The van der Waals surface area contributed by atoms with Crippen LogP contribution in [0.15, 0.2) is 0 Å². The van der Waals surface area contributed by atoms with Gasteiger partial charge in [-0.2, -0.15) is 0 Å². The zero-order chi connectivity index (χ0) is 12.3. The van der Waals surface area contributed by atoms with Gasteiger partial charge in [0.2, 0.25) is 0 Å². The first-order valence-corrected chi connectivity index (χ1v) is 8.03. The SMILES string of the molecule is CCC(=O)C(C)C1CCCC(S(C)(=O)=O)C1. The summed E-state index contributed by atoms with van der Waals surface area (Å²) in [6.07, 6.45) is 5.24. The quantitative estimate of drug-likeness (QED) is 0.764. The molecule has 0 spiro atoms. The number of carbonyl (C=O) groups excluding carboxylic acids is 1. The molecule has 0 N–H and O–H groups in total. The second-order valence-corrected chi connectivity index (χ2v) is 7.31. The Morgan fingerprint density at radius 1 is 1.38 bits per heavy atom. The van der Waals surface area contributed by atoms with Crippen LogP contribution >= 0.6 is 0 Å². The molecule has 3 nitrogen and oxygen atoms in total. The Balaban J connectivity index is 2.67. The normalized spacial score (nSPS) is 28.7. The van der Waals surface area contributed by atoms with Crippen LogP contribution < -0.4 is 0 Å². The van der Waals surface area contributed by atoms with E-state index >= 15 is 0 Å². The zero-order valence-corrected chi connectivity index (χ0v) is 11.2. The highest BCUT2D eigenvalue weighted by Crippen LogP contribution is 2.33. The van der Waals surface area contributed by atoms with Gasteiger partial charge in [-0.3, -0.25) is 4.79 Å². The minimum absolute atomic E-state index is 0.0227. The van der Waals surface area contributed by atoms with E-state index in [1.54, 1.807) is 0 Å². The van der Waals surface area contributed by atoms with Crippen LogP contribution in [0.1, 0.15) is 46.0 Å². The summed E-state index contributed by atoms with van der Waals surface area (Å²) in [7, 11) is -2.94. The maximum Gasteiger partial charge on any atom is 0.150 e. The molecule has 0 bridgehead atoms. The van der Waals surface area contributed by atoms with Crippen LogP contribution in [0.3, 0.4) is 0 Å². The van der Waals surface area contributed by atoms with Crippen LogP contribution in [0, 0.1) is 11.8 Å². The van der Waals surface area contributed by atoms with E-state index in [1.807, 2.05) is 13.8 Å². The summed E-state index contributed by atoms with van der Waals surface area (Å²) in [5, 5.41) is -0.224. The first-order chi connectivity index (χ1) is 7.36. The van der Waals surface area contributed by atoms with E-state index in [9.17, 15) is 13.2 Å². The molecule has 1 aliphatic rings. The Morgan fingerprint density at radius 2 is 2.00 bits per heavy atom. The molecule has 0 aliphatic heterocycles. The Kier molecular flexibility index (Phi) is 4.53. The van der Waals surface area contributed by atoms with Crippen molar-refractivity contribution >= 4 is 15.6 Å². The third kappa shape index (κ3) is 3.30. The van der Waals surface area contributed by atoms with Crippen molar-refractivity contribution in [3.05, 3.63) is 0 Å². The van der Waals surface area contributed by atoms with Gasteiger partial charge in [0.05, 0.1) is 5.25 Å². The Labute approximate surface area is 98.5 Å². The standard InChI is InChI=1S/C12H22O3S/c1-4-12(13)9(2)10-6-5-7-11(8-10)16(3,14)15/h9-11H,4-8H2,1-3H3. The molecule has 0 heterocycles. The summed E-state index contributed by atoms with van der Waals surface area (Å²) in [5.74, 6) is 0.551. The topological polar surface area (TPSA) is 51.2 Å². The summed E-state index contributed by atoms with van der Waals surface area (Å²) in [4.78, 5) is 11.6. The summed E-state index contributed by atoms with van der Waals surface area (Å²) in [5.41, 5.74) is 0.